The average molecular weight is 398 g/mol. The molecule has 0 aliphatic carbocycles. The van der Waals surface area contributed by atoms with Crippen molar-refractivity contribution in [1.82, 2.24) is 19.6 Å². The minimum Gasteiger partial charge on any atom is -0.319 e. The maximum atomic E-state index is 13.6. The predicted octanol–water partition coefficient (Wildman–Crippen LogP) is 2.25. The van der Waals surface area contributed by atoms with E-state index in [9.17, 15) is 23.2 Å². The smallest absolute Gasteiger partial charge is 0.319 e. The number of aromatic nitrogens is 2. The molecule has 3 heterocycles. The third kappa shape index (κ3) is 2.95. The van der Waals surface area contributed by atoms with Gasteiger partial charge in [-0.2, -0.15) is 0 Å². The third-order valence-corrected chi connectivity index (χ3v) is 5.03. The molecular formula is C20H16F2N4O3. The summed E-state index contributed by atoms with van der Waals surface area (Å²) >= 11 is 0. The summed E-state index contributed by atoms with van der Waals surface area (Å²) in [5.74, 6) is -2.83. The van der Waals surface area contributed by atoms with Crippen molar-refractivity contribution in [1.29, 1.82) is 0 Å². The summed E-state index contributed by atoms with van der Waals surface area (Å²) in [6.07, 6.45) is 1.58. The number of fused-ring (bicyclic) bond motifs is 1. The summed E-state index contributed by atoms with van der Waals surface area (Å²) in [5.41, 5.74) is -0.375. The molecule has 1 saturated heterocycles. The van der Waals surface area contributed by atoms with E-state index >= 15 is 0 Å². The lowest BCUT2D eigenvalue weighted by Crippen LogP contribution is -2.41. The Bertz CT molecular complexity index is 1240. The number of hydrogen-bond acceptors (Lipinski definition) is 4. The van der Waals surface area contributed by atoms with Crippen molar-refractivity contribution in [3.8, 4) is 0 Å². The zero-order valence-corrected chi connectivity index (χ0v) is 15.6. The van der Waals surface area contributed by atoms with Gasteiger partial charge in [0.2, 0.25) is 0 Å². The van der Waals surface area contributed by atoms with Crippen LogP contribution in [-0.4, -0.2) is 26.2 Å². The molecule has 0 radical (unpaired) electrons. The van der Waals surface area contributed by atoms with Gasteiger partial charge in [0.15, 0.2) is 11.6 Å². The number of amides is 3. The molecule has 3 aromatic rings. The van der Waals surface area contributed by atoms with Gasteiger partial charge in [-0.3, -0.25) is 18.9 Å². The van der Waals surface area contributed by atoms with Gasteiger partial charge in [0.1, 0.15) is 11.2 Å². The molecule has 9 heteroatoms. The number of halogens is 2. The van der Waals surface area contributed by atoms with Gasteiger partial charge >= 0.3 is 6.03 Å². The summed E-state index contributed by atoms with van der Waals surface area (Å²) in [4.78, 5) is 43.1. The number of urea groups is 1. The van der Waals surface area contributed by atoms with Gasteiger partial charge in [0.05, 0.1) is 12.2 Å². The third-order valence-electron chi connectivity index (χ3n) is 5.03. The Morgan fingerprint density at radius 1 is 1.10 bits per heavy atom. The zero-order valence-electron chi connectivity index (χ0n) is 15.6. The second-order valence-corrected chi connectivity index (χ2v) is 7.05. The molecule has 2 aromatic heterocycles. The Morgan fingerprint density at radius 3 is 2.59 bits per heavy atom. The van der Waals surface area contributed by atoms with Crippen LogP contribution >= 0.6 is 0 Å². The summed E-state index contributed by atoms with van der Waals surface area (Å²) in [5, 5.41) is 2.51. The van der Waals surface area contributed by atoms with Crippen molar-refractivity contribution < 1.29 is 18.4 Å². The highest BCUT2D eigenvalue weighted by Crippen LogP contribution is 2.30. The van der Waals surface area contributed by atoms with Crippen molar-refractivity contribution in [2.75, 3.05) is 0 Å². The lowest BCUT2D eigenvalue weighted by atomic mass is 9.92. The molecule has 4 rings (SSSR count). The van der Waals surface area contributed by atoms with Gasteiger partial charge in [-0.15, -0.1) is 0 Å². The van der Waals surface area contributed by atoms with Crippen LogP contribution in [-0.2, 0) is 16.9 Å². The van der Waals surface area contributed by atoms with Gasteiger partial charge in [-0.1, -0.05) is 12.1 Å². The Kier molecular flexibility index (Phi) is 4.18. The molecule has 0 bridgehead atoms. The second-order valence-electron chi connectivity index (χ2n) is 7.05. The predicted molar refractivity (Wildman–Crippen MR) is 99.0 cm³/mol. The van der Waals surface area contributed by atoms with Crippen LogP contribution in [0.25, 0.3) is 5.65 Å². The first kappa shape index (κ1) is 18.7. The van der Waals surface area contributed by atoms with Crippen LogP contribution in [0, 0.1) is 18.6 Å². The van der Waals surface area contributed by atoms with Gasteiger partial charge in [0.25, 0.3) is 11.5 Å². The molecule has 7 nitrogen and oxygen atoms in total. The second kappa shape index (κ2) is 6.47. The first-order valence-corrected chi connectivity index (χ1v) is 8.78. The first-order valence-electron chi connectivity index (χ1n) is 8.78. The number of carbonyl (C=O) groups is 2. The highest BCUT2D eigenvalue weighted by Gasteiger charge is 2.49. The van der Waals surface area contributed by atoms with Crippen LogP contribution in [0.1, 0.15) is 23.7 Å². The molecule has 1 fully saturated rings. The van der Waals surface area contributed by atoms with E-state index in [2.05, 4.69) is 10.3 Å². The number of rotatable bonds is 3. The van der Waals surface area contributed by atoms with E-state index in [1.165, 1.54) is 23.5 Å². The van der Waals surface area contributed by atoms with Gasteiger partial charge in [-0.05, 0) is 43.2 Å². The number of carbonyl (C=O) groups excluding carboxylic acids is 2. The fourth-order valence-corrected chi connectivity index (χ4v) is 3.40. The van der Waals surface area contributed by atoms with Crippen LogP contribution in [0.4, 0.5) is 13.6 Å². The summed E-state index contributed by atoms with van der Waals surface area (Å²) < 4.78 is 28.3. The molecule has 0 spiro atoms. The first-order chi connectivity index (χ1) is 13.7. The van der Waals surface area contributed by atoms with E-state index in [1.807, 2.05) is 0 Å². The minimum absolute atomic E-state index is 0.111. The Morgan fingerprint density at radius 2 is 1.86 bits per heavy atom. The van der Waals surface area contributed by atoms with Crippen molar-refractivity contribution in [2.24, 2.45) is 0 Å². The number of nitrogens with one attached hydrogen (secondary N) is 1. The van der Waals surface area contributed by atoms with Crippen molar-refractivity contribution >= 4 is 17.6 Å². The Balaban J connectivity index is 1.70. The minimum atomic E-state index is -1.56. The van der Waals surface area contributed by atoms with Gasteiger partial charge in [0, 0.05) is 12.3 Å². The summed E-state index contributed by atoms with van der Waals surface area (Å²) in [7, 11) is 0. The fraction of sp³-hybridized carbons (Fsp3) is 0.200. The molecule has 1 unspecified atom stereocenters. The lowest BCUT2D eigenvalue weighted by molar-refractivity contribution is -0.131. The fourth-order valence-electron chi connectivity index (χ4n) is 3.40. The van der Waals surface area contributed by atoms with Crippen molar-refractivity contribution in [3.63, 3.8) is 0 Å². The Hall–Kier alpha value is -3.62. The maximum Gasteiger partial charge on any atom is 0.325 e. The average Bonchev–Trinajstić information content (AvgIpc) is 2.89. The summed E-state index contributed by atoms with van der Waals surface area (Å²) in [6.45, 7) is 2.97. The number of pyridine rings is 1. The van der Waals surface area contributed by atoms with Gasteiger partial charge < -0.3 is 5.32 Å². The van der Waals surface area contributed by atoms with Crippen molar-refractivity contribution in [2.45, 2.75) is 25.9 Å². The number of imide groups is 1. The number of nitrogens with zero attached hydrogens (tertiary/aromatic N) is 3. The molecule has 1 atom stereocenters. The van der Waals surface area contributed by atoms with Crippen LogP contribution < -0.4 is 10.9 Å². The lowest BCUT2D eigenvalue weighted by Gasteiger charge is -2.22. The van der Waals surface area contributed by atoms with Crippen molar-refractivity contribution in [3.05, 3.63) is 81.4 Å². The van der Waals surface area contributed by atoms with E-state index in [-0.39, 0.29) is 23.4 Å². The summed E-state index contributed by atoms with van der Waals surface area (Å²) in [6, 6.07) is 7.06. The SMILES string of the molecule is Cc1cccn2c(=O)cc(CN3C(=O)NC(C)(c4ccc(F)c(F)c4)C3=O)nc12. The quantitative estimate of drug-likeness (QED) is 0.686. The van der Waals surface area contributed by atoms with E-state index in [1.54, 1.807) is 25.3 Å². The highest BCUT2D eigenvalue weighted by atomic mass is 19.2. The van der Waals surface area contributed by atoms with Crippen LogP contribution in [0.3, 0.4) is 0 Å². The van der Waals surface area contributed by atoms with E-state index in [0.29, 0.717) is 5.65 Å². The topological polar surface area (TPSA) is 83.8 Å². The van der Waals surface area contributed by atoms with Gasteiger partial charge in [-0.25, -0.2) is 18.6 Å². The Labute approximate surface area is 163 Å². The van der Waals surface area contributed by atoms with E-state index < -0.39 is 29.1 Å². The molecule has 148 valence electrons. The number of aryl methyl sites for hydroxylation is 1. The molecule has 1 aliphatic rings. The van der Waals surface area contributed by atoms with E-state index in [4.69, 9.17) is 0 Å². The largest absolute Gasteiger partial charge is 0.325 e. The van der Waals surface area contributed by atoms with Crippen LogP contribution in [0.5, 0.6) is 0 Å². The molecule has 1 aliphatic heterocycles. The standard InChI is InChI=1S/C20H16F2N4O3/c1-11-4-3-7-25-16(27)9-13(23-17(11)25)10-26-18(28)20(2,24-19(26)29)12-5-6-14(21)15(22)8-12/h3-9H,10H2,1-2H3,(H,24,29). The molecule has 1 aromatic carbocycles. The molecule has 0 saturated carbocycles. The number of benzene rings is 1. The van der Waals surface area contributed by atoms with Crippen LogP contribution in [0.2, 0.25) is 0 Å². The number of hydrogen-bond donors (Lipinski definition) is 1. The molecule has 1 N–H and O–H groups in total. The zero-order chi connectivity index (χ0) is 20.9. The molecular weight excluding hydrogens is 382 g/mol. The normalized spacial score (nSPS) is 19.1. The monoisotopic (exact) mass is 398 g/mol. The maximum absolute atomic E-state index is 13.6. The van der Waals surface area contributed by atoms with Crippen LogP contribution in [0.15, 0.2) is 47.4 Å². The molecule has 29 heavy (non-hydrogen) atoms. The molecule has 3 amide bonds. The van der Waals surface area contributed by atoms with E-state index in [0.717, 1.165) is 22.6 Å². The highest BCUT2D eigenvalue weighted by molar-refractivity contribution is 6.07.